The molecule has 1 rings (SSSR count). The van der Waals surface area contributed by atoms with Crippen LogP contribution in [0.1, 0.15) is 27.2 Å². The molecule has 0 aliphatic carbocycles. The van der Waals surface area contributed by atoms with Crippen LogP contribution in [0.2, 0.25) is 0 Å². The maximum Gasteiger partial charge on any atom is 0.326 e. The molecule has 1 aliphatic rings. The number of amides is 1. The normalized spacial score (nSPS) is 19.1. The molecule has 1 atom stereocenters. The highest BCUT2D eigenvalue weighted by atomic mass is 16.5. The van der Waals surface area contributed by atoms with Crippen molar-refractivity contribution in [1.82, 2.24) is 10.6 Å². The number of hydrogen-bond donors (Lipinski definition) is 3. The van der Waals surface area contributed by atoms with Gasteiger partial charge in [-0.15, -0.1) is 0 Å². The zero-order chi connectivity index (χ0) is 13.8. The van der Waals surface area contributed by atoms with Gasteiger partial charge in [-0.25, -0.2) is 4.79 Å². The maximum atomic E-state index is 11.6. The van der Waals surface area contributed by atoms with Gasteiger partial charge in [0.25, 0.3) is 0 Å². The van der Waals surface area contributed by atoms with Crippen molar-refractivity contribution in [3.8, 4) is 0 Å². The topological polar surface area (TPSA) is 87.7 Å². The summed E-state index contributed by atoms with van der Waals surface area (Å²) in [4.78, 5) is 22.6. The predicted octanol–water partition coefficient (Wildman–Crippen LogP) is -0.0196. The lowest BCUT2D eigenvalue weighted by molar-refractivity contribution is -0.145. The van der Waals surface area contributed by atoms with E-state index in [9.17, 15) is 9.59 Å². The molecule has 6 heteroatoms. The zero-order valence-electron chi connectivity index (χ0n) is 11.2. The smallest absolute Gasteiger partial charge is 0.326 e. The van der Waals surface area contributed by atoms with E-state index in [4.69, 9.17) is 9.84 Å². The van der Waals surface area contributed by atoms with Gasteiger partial charge in [0, 0.05) is 13.1 Å². The summed E-state index contributed by atoms with van der Waals surface area (Å²) < 4.78 is 5.45. The average Bonchev–Trinajstić information content (AvgIpc) is 2.22. The second-order valence-corrected chi connectivity index (χ2v) is 5.43. The standard InChI is InChI=1S/C12H22N2O4/c1-8(2)4-9(11(16)17)14-10(15)5-18-12(3)6-13-7-12/h8-9,13H,4-7H2,1-3H3,(H,14,15)(H,16,17)/t9-/m1/s1. The number of carbonyl (C=O) groups excluding carboxylic acids is 1. The first-order valence-electron chi connectivity index (χ1n) is 6.19. The Bertz CT molecular complexity index is 313. The summed E-state index contributed by atoms with van der Waals surface area (Å²) in [5.41, 5.74) is -0.298. The second-order valence-electron chi connectivity index (χ2n) is 5.43. The monoisotopic (exact) mass is 258 g/mol. The molecule has 1 heterocycles. The summed E-state index contributed by atoms with van der Waals surface area (Å²) in [5.74, 6) is -1.18. The van der Waals surface area contributed by atoms with E-state index in [0.717, 1.165) is 0 Å². The molecule has 104 valence electrons. The molecule has 0 bridgehead atoms. The van der Waals surface area contributed by atoms with Crippen LogP contribution < -0.4 is 10.6 Å². The van der Waals surface area contributed by atoms with E-state index >= 15 is 0 Å². The molecule has 0 unspecified atom stereocenters. The van der Waals surface area contributed by atoms with Gasteiger partial charge in [-0.2, -0.15) is 0 Å². The van der Waals surface area contributed by atoms with Gasteiger partial charge in [-0.1, -0.05) is 13.8 Å². The van der Waals surface area contributed by atoms with Crippen LogP contribution >= 0.6 is 0 Å². The maximum absolute atomic E-state index is 11.6. The van der Waals surface area contributed by atoms with Gasteiger partial charge >= 0.3 is 5.97 Å². The van der Waals surface area contributed by atoms with Gasteiger partial charge < -0.3 is 20.5 Å². The molecular weight excluding hydrogens is 236 g/mol. The summed E-state index contributed by atoms with van der Waals surface area (Å²) in [6, 6.07) is -0.839. The van der Waals surface area contributed by atoms with Gasteiger partial charge in [0.2, 0.25) is 5.91 Å². The van der Waals surface area contributed by atoms with Crippen LogP contribution in [-0.2, 0) is 14.3 Å². The van der Waals surface area contributed by atoms with Crippen molar-refractivity contribution in [1.29, 1.82) is 0 Å². The van der Waals surface area contributed by atoms with Crippen molar-refractivity contribution in [2.45, 2.75) is 38.8 Å². The Morgan fingerprint density at radius 2 is 2.06 bits per heavy atom. The number of rotatable bonds is 7. The molecule has 6 nitrogen and oxygen atoms in total. The Labute approximate surface area is 107 Å². The van der Waals surface area contributed by atoms with E-state index < -0.39 is 12.0 Å². The summed E-state index contributed by atoms with van der Waals surface area (Å²) in [5, 5.41) is 14.5. The third-order valence-electron chi connectivity index (χ3n) is 2.89. The first kappa shape index (κ1) is 14.9. The summed E-state index contributed by atoms with van der Waals surface area (Å²) in [6.07, 6.45) is 0.417. The van der Waals surface area contributed by atoms with E-state index in [1.165, 1.54) is 0 Å². The molecule has 1 aliphatic heterocycles. The van der Waals surface area contributed by atoms with Crippen LogP contribution in [0.3, 0.4) is 0 Å². The Morgan fingerprint density at radius 3 is 2.44 bits per heavy atom. The molecule has 18 heavy (non-hydrogen) atoms. The van der Waals surface area contributed by atoms with E-state index in [0.29, 0.717) is 19.5 Å². The highest BCUT2D eigenvalue weighted by molar-refractivity contribution is 5.84. The second kappa shape index (κ2) is 6.15. The molecule has 0 spiro atoms. The van der Waals surface area contributed by atoms with Crippen LogP contribution in [0.4, 0.5) is 0 Å². The van der Waals surface area contributed by atoms with E-state index in [2.05, 4.69) is 10.6 Å². The van der Waals surface area contributed by atoms with Gasteiger partial charge in [-0.05, 0) is 19.3 Å². The molecule has 1 fully saturated rings. The Balaban J connectivity index is 2.34. The minimum atomic E-state index is -1.01. The molecule has 0 aromatic rings. The quantitative estimate of drug-likeness (QED) is 0.597. The Hall–Kier alpha value is -1.14. The molecule has 1 saturated heterocycles. The average molecular weight is 258 g/mol. The van der Waals surface area contributed by atoms with Gasteiger partial charge in [-0.3, -0.25) is 4.79 Å². The van der Waals surface area contributed by atoms with Crippen molar-refractivity contribution in [3.63, 3.8) is 0 Å². The van der Waals surface area contributed by atoms with E-state index in [-0.39, 0.29) is 24.0 Å². The number of carboxylic acid groups (broad SMARTS) is 1. The molecule has 0 saturated carbocycles. The van der Waals surface area contributed by atoms with E-state index in [1.807, 2.05) is 20.8 Å². The summed E-state index contributed by atoms with van der Waals surface area (Å²) in [7, 11) is 0. The fourth-order valence-corrected chi connectivity index (χ4v) is 1.75. The van der Waals surface area contributed by atoms with Crippen molar-refractivity contribution in [2.75, 3.05) is 19.7 Å². The molecule has 0 aromatic carbocycles. The largest absolute Gasteiger partial charge is 0.480 e. The first-order valence-corrected chi connectivity index (χ1v) is 6.19. The third-order valence-corrected chi connectivity index (χ3v) is 2.89. The summed E-state index contributed by atoms with van der Waals surface area (Å²) >= 11 is 0. The lowest BCUT2D eigenvalue weighted by Gasteiger charge is -2.38. The minimum absolute atomic E-state index is 0.0972. The lowest BCUT2D eigenvalue weighted by atomic mass is 10.0. The van der Waals surface area contributed by atoms with E-state index in [1.54, 1.807) is 0 Å². The minimum Gasteiger partial charge on any atom is -0.480 e. The molecule has 0 aromatic heterocycles. The van der Waals surface area contributed by atoms with Crippen LogP contribution in [-0.4, -0.2) is 48.3 Å². The van der Waals surface area contributed by atoms with Crippen LogP contribution in [0.25, 0.3) is 0 Å². The van der Waals surface area contributed by atoms with Crippen LogP contribution in [0.15, 0.2) is 0 Å². The van der Waals surface area contributed by atoms with Crippen molar-refractivity contribution in [2.24, 2.45) is 5.92 Å². The number of nitrogens with one attached hydrogen (secondary N) is 2. The van der Waals surface area contributed by atoms with Crippen LogP contribution in [0.5, 0.6) is 0 Å². The zero-order valence-corrected chi connectivity index (χ0v) is 11.2. The van der Waals surface area contributed by atoms with Crippen molar-refractivity contribution < 1.29 is 19.4 Å². The van der Waals surface area contributed by atoms with Gasteiger partial charge in [0.1, 0.15) is 12.6 Å². The number of aliphatic carboxylic acids is 1. The number of carbonyl (C=O) groups is 2. The Morgan fingerprint density at radius 1 is 1.44 bits per heavy atom. The first-order chi connectivity index (χ1) is 8.32. The predicted molar refractivity (Wildman–Crippen MR) is 66.2 cm³/mol. The van der Waals surface area contributed by atoms with Gasteiger partial charge in [0.15, 0.2) is 0 Å². The summed E-state index contributed by atoms with van der Waals surface area (Å²) in [6.45, 7) is 7.09. The highest BCUT2D eigenvalue weighted by Gasteiger charge is 2.33. The molecule has 1 amide bonds. The van der Waals surface area contributed by atoms with Gasteiger partial charge in [0.05, 0.1) is 5.60 Å². The fourth-order valence-electron chi connectivity index (χ4n) is 1.75. The molecular formula is C12H22N2O4. The highest BCUT2D eigenvalue weighted by Crippen LogP contribution is 2.14. The fraction of sp³-hybridized carbons (Fsp3) is 0.833. The molecule has 3 N–H and O–H groups in total. The number of ether oxygens (including phenoxy) is 1. The lowest BCUT2D eigenvalue weighted by Crippen LogP contribution is -2.60. The van der Waals surface area contributed by atoms with Crippen molar-refractivity contribution >= 4 is 11.9 Å². The SMILES string of the molecule is CC(C)C[C@@H](NC(=O)COC1(C)CNC1)C(=O)O. The van der Waals surface area contributed by atoms with Crippen molar-refractivity contribution in [3.05, 3.63) is 0 Å². The third kappa shape index (κ3) is 4.62. The van der Waals surface area contributed by atoms with Crippen LogP contribution in [0, 0.1) is 5.92 Å². The number of carboxylic acids is 1. The molecule has 0 radical (unpaired) electrons. The number of hydrogen-bond acceptors (Lipinski definition) is 4. The Kier molecular flexibility index (Phi) is 5.10.